The first-order chi connectivity index (χ1) is 7.86. The van der Waals surface area contributed by atoms with Crippen LogP contribution in [0, 0.1) is 0 Å². The molecule has 1 saturated heterocycles. The van der Waals surface area contributed by atoms with Gasteiger partial charge in [-0.2, -0.15) is 0 Å². The van der Waals surface area contributed by atoms with Crippen molar-refractivity contribution in [3.05, 3.63) is 29.8 Å². The van der Waals surface area contributed by atoms with Gasteiger partial charge in [-0.05, 0) is 37.6 Å². The fourth-order valence-corrected chi connectivity index (χ4v) is 2.95. The van der Waals surface area contributed by atoms with Crippen molar-refractivity contribution in [1.82, 2.24) is 4.90 Å². The molecule has 88 valence electrons. The van der Waals surface area contributed by atoms with E-state index in [1.807, 2.05) is 0 Å². The smallest absolute Gasteiger partial charge is 0.0488 e. The minimum Gasteiger partial charge on any atom is -0.330 e. The van der Waals surface area contributed by atoms with Crippen LogP contribution >= 0.6 is 11.9 Å². The van der Waals surface area contributed by atoms with Crippen LogP contribution in [0.25, 0.3) is 0 Å². The van der Waals surface area contributed by atoms with Gasteiger partial charge in [0, 0.05) is 18.0 Å². The number of benzene rings is 1. The van der Waals surface area contributed by atoms with E-state index >= 15 is 0 Å². The molecule has 0 bridgehead atoms. The van der Waals surface area contributed by atoms with Crippen LogP contribution in [0.5, 0.6) is 0 Å². The van der Waals surface area contributed by atoms with Gasteiger partial charge in [0.2, 0.25) is 0 Å². The molecule has 3 heteroatoms. The Morgan fingerprint density at radius 3 is 3.00 bits per heavy atom. The van der Waals surface area contributed by atoms with Crippen LogP contribution in [0.3, 0.4) is 0 Å². The number of para-hydroxylation sites is 1. The second-order valence-corrected chi connectivity index (χ2v) is 4.79. The highest BCUT2D eigenvalue weighted by Gasteiger charge is 2.26. The maximum absolute atomic E-state index is 3.39. The van der Waals surface area contributed by atoms with E-state index in [-0.39, 0.29) is 0 Å². The van der Waals surface area contributed by atoms with Gasteiger partial charge in [0.25, 0.3) is 0 Å². The summed E-state index contributed by atoms with van der Waals surface area (Å²) in [5.74, 6) is 0. The Labute approximate surface area is 103 Å². The molecular weight excluding hydrogens is 216 g/mol. The van der Waals surface area contributed by atoms with E-state index < -0.39 is 0 Å². The standard InChI is InChI=1S/C13H20N2S/c1-3-15-10-6-9-13(15)11-7-4-5-8-12(11)14-16-2/h4-5,7-8,13-14H,3,6,9-10H2,1-2H3. The van der Waals surface area contributed by atoms with Crippen LogP contribution < -0.4 is 4.72 Å². The lowest BCUT2D eigenvalue weighted by atomic mass is 10.0. The normalized spacial score (nSPS) is 21.2. The molecule has 1 aromatic carbocycles. The van der Waals surface area contributed by atoms with Crippen LogP contribution in [0.1, 0.15) is 31.4 Å². The summed E-state index contributed by atoms with van der Waals surface area (Å²) in [4.78, 5) is 2.57. The molecular formula is C13H20N2S. The van der Waals surface area contributed by atoms with Gasteiger partial charge in [-0.3, -0.25) is 4.90 Å². The fourth-order valence-electron chi connectivity index (χ4n) is 2.55. The van der Waals surface area contributed by atoms with Crippen LogP contribution in [0.4, 0.5) is 5.69 Å². The van der Waals surface area contributed by atoms with Crippen LogP contribution in [0.15, 0.2) is 24.3 Å². The van der Waals surface area contributed by atoms with Crippen molar-refractivity contribution in [3.63, 3.8) is 0 Å². The zero-order valence-electron chi connectivity index (χ0n) is 10.1. The van der Waals surface area contributed by atoms with Gasteiger partial charge >= 0.3 is 0 Å². The van der Waals surface area contributed by atoms with Crippen LogP contribution in [-0.4, -0.2) is 24.2 Å². The third-order valence-electron chi connectivity index (χ3n) is 3.30. The predicted octanol–water partition coefficient (Wildman–Crippen LogP) is 3.53. The molecule has 1 aromatic rings. The zero-order chi connectivity index (χ0) is 11.4. The Balaban J connectivity index is 2.24. The first-order valence-electron chi connectivity index (χ1n) is 5.98. The fraction of sp³-hybridized carbons (Fsp3) is 0.538. The molecule has 0 radical (unpaired) electrons. The molecule has 0 aromatic heterocycles. The van der Waals surface area contributed by atoms with E-state index in [1.54, 1.807) is 11.9 Å². The molecule has 1 heterocycles. The summed E-state index contributed by atoms with van der Waals surface area (Å²) in [6.45, 7) is 4.65. The highest BCUT2D eigenvalue weighted by molar-refractivity contribution is 7.99. The van der Waals surface area contributed by atoms with Gasteiger partial charge < -0.3 is 4.72 Å². The van der Waals surface area contributed by atoms with E-state index in [0.29, 0.717) is 6.04 Å². The maximum Gasteiger partial charge on any atom is 0.0488 e. The van der Waals surface area contributed by atoms with Crippen molar-refractivity contribution < 1.29 is 0 Å². The predicted molar refractivity (Wildman–Crippen MR) is 72.8 cm³/mol. The van der Waals surface area contributed by atoms with Gasteiger partial charge in [0.05, 0.1) is 0 Å². The Morgan fingerprint density at radius 2 is 2.25 bits per heavy atom. The van der Waals surface area contributed by atoms with Gasteiger partial charge in [0.15, 0.2) is 0 Å². The van der Waals surface area contributed by atoms with Crippen molar-refractivity contribution in [2.45, 2.75) is 25.8 Å². The molecule has 1 aliphatic heterocycles. The summed E-state index contributed by atoms with van der Waals surface area (Å²) in [7, 11) is 0. The number of hydrogen-bond acceptors (Lipinski definition) is 3. The lowest BCUT2D eigenvalue weighted by Gasteiger charge is -2.25. The number of nitrogens with zero attached hydrogens (tertiary/aromatic N) is 1. The van der Waals surface area contributed by atoms with Crippen molar-refractivity contribution in [2.24, 2.45) is 0 Å². The lowest BCUT2D eigenvalue weighted by molar-refractivity contribution is 0.272. The van der Waals surface area contributed by atoms with Gasteiger partial charge in [-0.15, -0.1) is 0 Å². The number of anilines is 1. The monoisotopic (exact) mass is 236 g/mol. The summed E-state index contributed by atoms with van der Waals surface area (Å²) in [6.07, 6.45) is 4.69. The Bertz CT molecular complexity index is 340. The molecule has 1 aliphatic rings. The molecule has 0 saturated carbocycles. The molecule has 1 N–H and O–H groups in total. The minimum absolute atomic E-state index is 0.612. The van der Waals surface area contributed by atoms with Crippen molar-refractivity contribution >= 4 is 17.6 Å². The summed E-state index contributed by atoms with van der Waals surface area (Å²) < 4.78 is 3.39. The maximum atomic E-state index is 3.39. The van der Waals surface area contributed by atoms with E-state index in [1.165, 1.54) is 30.6 Å². The lowest BCUT2D eigenvalue weighted by Crippen LogP contribution is -2.23. The third kappa shape index (κ3) is 2.36. The van der Waals surface area contributed by atoms with E-state index in [0.717, 1.165) is 6.54 Å². The minimum atomic E-state index is 0.612. The van der Waals surface area contributed by atoms with Gasteiger partial charge in [0.1, 0.15) is 0 Å². The Kier molecular flexibility index (Phi) is 4.13. The molecule has 1 fully saturated rings. The van der Waals surface area contributed by atoms with Crippen molar-refractivity contribution in [2.75, 3.05) is 24.1 Å². The topological polar surface area (TPSA) is 15.3 Å². The number of nitrogens with one attached hydrogen (secondary N) is 1. The molecule has 2 rings (SSSR count). The first kappa shape index (κ1) is 11.8. The highest BCUT2D eigenvalue weighted by Crippen LogP contribution is 2.35. The molecule has 16 heavy (non-hydrogen) atoms. The average molecular weight is 236 g/mol. The SMILES string of the molecule is CCN1CCCC1c1ccccc1NSC. The first-order valence-corrected chi connectivity index (χ1v) is 7.21. The largest absolute Gasteiger partial charge is 0.330 e. The highest BCUT2D eigenvalue weighted by atomic mass is 32.2. The molecule has 1 atom stereocenters. The second kappa shape index (κ2) is 5.60. The summed E-state index contributed by atoms with van der Waals surface area (Å²) in [5.41, 5.74) is 2.73. The third-order valence-corrected chi connectivity index (χ3v) is 3.73. The van der Waals surface area contributed by atoms with E-state index in [4.69, 9.17) is 0 Å². The van der Waals surface area contributed by atoms with Crippen molar-refractivity contribution in [3.8, 4) is 0 Å². The van der Waals surface area contributed by atoms with Crippen LogP contribution in [-0.2, 0) is 0 Å². The quantitative estimate of drug-likeness (QED) is 0.805. The molecule has 0 amide bonds. The molecule has 0 spiro atoms. The zero-order valence-corrected chi connectivity index (χ0v) is 10.9. The number of hydrogen-bond donors (Lipinski definition) is 1. The van der Waals surface area contributed by atoms with Gasteiger partial charge in [-0.1, -0.05) is 37.1 Å². The Morgan fingerprint density at radius 1 is 1.44 bits per heavy atom. The number of rotatable bonds is 4. The van der Waals surface area contributed by atoms with E-state index in [2.05, 4.69) is 47.1 Å². The molecule has 2 nitrogen and oxygen atoms in total. The summed E-state index contributed by atoms with van der Waals surface area (Å²) in [6, 6.07) is 9.30. The average Bonchev–Trinajstić information content (AvgIpc) is 2.78. The molecule has 0 aliphatic carbocycles. The van der Waals surface area contributed by atoms with Crippen molar-refractivity contribution in [1.29, 1.82) is 0 Å². The second-order valence-electron chi connectivity index (χ2n) is 4.18. The van der Waals surface area contributed by atoms with Crippen LogP contribution in [0.2, 0.25) is 0 Å². The molecule has 1 unspecified atom stereocenters. The van der Waals surface area contributed by atoms with Gasteiger partial charge in [-0.25, -0.2) is 0 Å². The van der Waals surface area contributed by atoms with E-state index in [9.17, 15) is 0 Å². The summed E-state index contributed by atoms with van der Waals surface area (Å²) in [5, 5.41) is 0. The summed E-state index contributed by atoms with van der Waals surface area (Å²) >= 11 is 1.67. The number of likely N-dealkylation sites (tertiary alicyclic amines) is 1. The Hall–Kier alpha value is -0.670.